The summed E-state index contributed by atoms with van der Waals surface area (Å²) in [4.78, 5) is 15.8. The van der Waals surface area contributed by atoms with E-state index in [4.69, 9.17) is 17.3 Å². The van der Waals surface area contributed by atoms with Crippen LogP contribution >= 0.6 is 34.9 Å². The van der Waals surface area contributed by atoms with Gasteiger partial charge in [0.2, 0.25) is 5.91 Å². The Morgan fingerprint density at radius 1 is 1.53 bits per heavy atom. The lowest BCUT2D eigenvalue weighted by molar-refractivity contribution is -0.115. The van der Waals surface area contributed by atoms with Crippen molar-refractivity contribution in [2.24, 2.45) is 0 Å². The van der Waals surface area contributed by atoms with Crippen molar-refractivity contribution in [3.63, 3.8) is 0 Å². The van der Waals surface area contributed by atoms with Gasteiger partial charge in [-0.2, -0.15) is 4.37 Å². The molecular formula is C11H11ClN4OS2. The van der Waals surface area contributed by atoms with Gasteiger partial charge in [0.25, 0.3) is 0 Å². The van der Waals surface area contributed by atoms with E-state index >= 15 is 0 Å². The van der Waals surface area contributed by atoms with Crippen LogP contribution in [0.4, 0.5) is 11.4 Å². The minimum atomic E-state index is -0.0938. The Kier molecular flexibility index (Phi) is 5.00. The Bertz CT molecular complexity index is 562. The summed E-state index contributed by atoms with van der Waals surface area (Å²) in [6, 6.07) is 4.98. The maximum atomic E-state index is 11.7. The molecule has 0 radical (unpaired) electrons. The zero-order valence-corrected chi connectivity index (χ0v) is 12.2. The summed E-state index contributed by atoms with van der Waals surface area (Å²) in [5, 5.41) is 3.18. The van der Waals surface area contributed by atoms with E-state index in [0.717, 1.165) is 4.34 Å². The minimum absolute atomic E-state index is 0.0938. The van der Waals surface area contributed by atoms with Crippen molar-refractivity contribution in [1.82, 2.24) is 9.36 Å². The summed E-state index contributed by atoms with van der Waals surface area (Å²) in [6.07, 6.45) is 1.88. The summed E-state index contributed by atoms with van der Waals surface area (Å²) in [5.41, 5.74) is 6.72. The SMILES string of the molecule is Nc1ccc(NC(=O)CCSc2ncns2)c(Cl)c1. The summed E-state index contributed by atoms with van der Waals surface area (Å²) < 4.78 is 4.75. The predicted molar refractivity (Wildman–Crippen MR) is 79.7 cm³/mol. The van der Waals surface area contributed by atoms with Crippen molar-refractivity contribution in [3.05, 3.63) is 29.5 Å². The largest absolute Gasteiger partial charge is 0.399 e. The van der Waals surface area contributed by atoms with Crippen LogP contribution in [0.5, 0.6) is 0 Å². The fraction of sp³-hybridized carbons (Fsp3) is 0.182. The van der Waals surface area contributed by atoms with Gasteiger partial charge in [0.1, 0.15) is 6.33 Å². The van der Waals surface area contributed by atoms with Crippen LogP contribution in [-0.2, 0) is 4.79 Å². The minimum Gasteiger partial charge on any atom is -0.399 e. The van der Waals surface area contributed by atoms with Gasteiger partial charge in [0, 0.05) is 17.9 Å². The molecular weight excluding hydrogens is 304 g/mol. The van der Waals surface area contributed by atoms with Crippen molar-refractivity contribution < 1.29 is 4.79 Å². The van der Waals surface area contributed by atoms with Crippen molar-refractivity contribution in [2.75, 3.05) is 16.8 Å². The number of aromatic nitrogens is 2. The van der Waals surface area contributed by atoms with Crippen molar-refractivity contribution >= 4 is 52.2 Å². The highest BCUT2D eigenvalue weighted by Crippen LogP contribution is 2.24. The molecule has 0 fully saturated rings. The van der Waals surface area contributed by atoms with Crippen LogP contribution in [0.15, 0.2) is 28.9 Å². The first-order valence-electron chi connectivity index (χ1n) is 5.39. The van der Waals surface area contributed by atoms with Crippen LogP contribution in [0.1, 0.15) is 6.42 Å². The average Bonchev–Trinajstić information content (AvgIpc) is 2.86. The number of halogens is 1. The number of nitrogens with zero attached hydrogens (tertiary/aromatic N) is 2. The first kappa shape index (κ1) is 14.1. The molecule has 1 amide bonds. The van der Waals surface area contributed by atoms with Crippen LogP contribution in [-0.4, -0.2) is 21.0 Å². The Hall–Kier alpha value is -1.31. The maximum absolute atomic E-state index is 11.7. The number of hydrogen-bond donors (Lipinski definition) is 2. The zero-order chi connectivity index (χ0) is 13.7. The first-order chi connectivity index (χ1) is 9.15. The van der Waals surface area contributed by atoms with Gasteiger partial charge in [-0.05, 0) is 29.7 Å². The Morgan fingerprint density at radius 3 is 3.05 bits per heavy atom. The zero-order valence-electron chi connectivity index (χ0n) is 9.80. The topological polar surface area (TPSA) is 80.9 Å². The summed E-state index contributed by atoms with van der Waals surface area (Å²) >= 11 is 8.79. The highest BCUT2D eigenvalue weighted by molar-refractivity contribution is 8.00. The van der Waals surface area contributed by atoms with Crippen LogP contribution in [0.3, 0.4) is 0 Å². The van der Waals surface area contributed by atoms with Gasteiger partial charge < -0.3 is 11.1 Å². The van der Waals surface area contributed by atoms with Gasteiger partial charge in [-0.25, -0.2) is 4.98 Å². The highest BCUT2D eigenvalue weighted by atomic mass is 35.5. The first-order valence-corrected chi connectivity index (χ1v) is 7.53. The molecule has 0 spiro atoms. The van der Waals surface area contributed by atoms with Gasteiger partial charge >= 0.3 is 0 Å². The molecule has 2 rings (SSSR count). The lowest BCUT2D eigenvalue weighted by Gasteiger charge is -2.07. The molecule has 19 heavy (non-hydrogen) atoms. The summed E-state index contributed by atoms with van der Waals surface area (Å²) in [5.74, 6) is 0.553. The normalized spacial score (nSPS) is 10.4. The number of nitrogens with one attached hydrogen (secondary N) is 1. The smallest absolute Gasteiger partial charge is 0.225 e. The molecule has 1 aromatic heterocycles. The number of carbonyl (C=O) groups is 1. The molecule has 0 aliphatic carbocycles. The van der Waals surface area contributed by atoms with Crippen molar-refractivity contribution in [3.8, 4) is 0 Å². The molecule has 0 unspecified atom stereocenters. The number of anilines is 2. The number of thioether (sulfide) groups is 1. The molecule has 8 heteroatoms. The molecule has 0 bridgehead atoms. The molecule has 0 aliphatic rings. The van der Waals surface area contributed by atoms with Gasteiger partial charge in [-0.15, -0.1) is 0 Å². The number of hydrogen-bond acceptors (Lipinski definition) is 6. The lowest BCUT2D eigenvalue weighted by Crippen LogP contribution is -2.12. The molecule has 2 aromatic rings. The number of benzene rings is 1. The van der Waals surface area contributed by atoms with E-state index in [1.165, 1.54) is 29.6 Å². The quantitative estimate of drug-likeness (QED) is 0.655. The number of carbonyl (C=O) groups excluding carboxylic acids is 1. The van der Waals surface area contributed by atoms with Crippen molar-refractivity contribution in [1.29, 1.82) is 0 Å². The number of amides is 1. The second-order valence-corrected chi connectivity index (χ2v) is 6.12. The number of nitrogen functional groups attached to an aromatic ring is 1. The van der Waals surface area contributed by atoms with Crippen LogP contribution in [0, 0.1) is 0 Å². The van der Waals surface area contributed by atoms with Gasteiger partial charge in [-0.3, -0.25) is 4.79 Å². The third-order valence-electron chi connectivity index (χ3n) is 2.16. The van der Waals surface area contributed by atoms with Gasteiger partial charge in [-0.1, -0.05) is 23.4 Å². The predicted octanol–water partition coefficient (Wildman–Crippen LogP) is 2.89. The van der Waals surface area contributed by atoms with E-state index < -0.39 is 0 Å². The average molecular weight is 315 g/mol. The Balaban J connectivity index is 1.80. The highest BCUT2D eigenvalue weighted by Gasteiger charge is 2.07. The maximum Gasteiger partial charge on any atom is 0.225 e. The standard InChI is InChI=1S/C11H11ClN4OS2/c12-8-5-7(13)1-2-9(8)16-10(17)3-4-18-11-14-6-15-19-11/h1-2,5-6H,3-4,13H2,(H,16,17). The van der Waals surface area contributed by atoms with Crippen LogP contribution in [0.2, 0.25) is 5.02 Å². The van der Waals surface area contributed by atoms with Crippen LogP contribution in [0.25, 0.3) is 0 Å². The summed E-state index contributed by atoms with van der Waals surface area (Å²) in [7, 11) is 0. The Labute approximate surface area is 123 Å². The number of nitrogens with two attached hydrogens (primary N) is 1. The second-order valence-electron chi connectivity index (χ2n) is 3.59. The van der Waals surface area contributed by atoms with Crippen molar-refractivity contribution in [2.45, 2.75) is 10.8 Å². The molecule has 0 aliphatic heterocycles. The fourth-order valence-corrected chi connectivity index (χ4v) is 2.99. The monoisotopic (exact) mass is 314 g/mol. The molecule has 1 aromatic carbocycles. The third-order valence-corrected chi connectivity index (χ3v) is 4.27. The van der Waals surface area contributed by atoms with E-state index in [-0.39, 0.29) is 5.91 Å². The van der Waals surface area contributed by atoms with E-state index in [2.05, 4.69) is 14.7 Å². The molecule has 100 valence electrons. The van der Waals surface area contributed by atoms with E-state index in [9.17, 15) is 4.79 Å². The molecule has 3 N–H and O–H groups in total. The second kappa shape index (κ2) is 6.74. The van der Waals surface area contributed by atoms with E-state index in [0.29, 0.717) is 28.6 Å². The van der Waals surface area contributed by atoms with Crippen LogP contribution < -0.4 is 11.1 Å². The third kappa shape index (κ3) is 4.38. The number of rotatable bonds is 5. The molecule has 0 saturated carbocycles. The Morgan fingerprint density at radius 2 is 2.37 bits per heavy atom. The molecule has 0 atom stereocenters. The fourth-order valence-electron chi connectivity index (χ4n) is 1.30. The molecule has 1 heterocycles. The summed E-state index contributed by atoms with van der Waals surface area (Å²) in [6.45, 7) is 0. The van der Waals surface area contributed by atoms with E-state index in [1.807, 2.05) is 0 Å². The van der Waals surface area contributed by atoms with Gasteiger partial charge in [0.15, 0.2) is 4.34 Å². The molecule has 5 nitrogen and oxygen atoms in total. The lowest BCUT2D eigenvalue weighted by atomic mass is 10.3. The van der Waals surface area contributed by atoms with Gasteiger partial charge in [0.05, 0.1) is 10.7 Å². The van der Waals surface area contributed by atoms with E-state index in [1.54, 1.807) is 18.2 Å². The molecule has 0 saturated heterocycles.